The first-order valence-electron chi connectivity index (χ1n) is 7.72. The number of fused-ring (bicyclic) bond motifs is 1. The summed E-state index contributed by atoms with van der Waals surface area (Å²) in [5.74, 6) is -0.448. The molecule has 0 unspecified atom stereocenters. The Balaban J connectivity index is 2.01. The van der Waals surface area contributed by atoms with E-state index in [2.05, 4.69) is 24.3 Å². The topological polar surface area (TPSA) is 72.9 Å². The van der Waals surface area contributed by atoms with Crippen LogP contribution in [0.25, 0.3) is 5.69 Å². The first-order valence-corrected chi connectivity index (χ1v) is 7.72. The van der Waals surface area contributed by atoms with Crippen LogP contribution in [0.1, 0.15) is 37.6 Å². The molecule has 2 aromatic rings. The van der Waals surface area contributed by atoms with Crippen LogP contribution in [-0.4, -0.2) is 22.2 Å². The number of carbonyl (C=O) groups excluding carboxylic acids is 1. The normalized spacial score (nSPS) is 19.2. The highest BCUT2D eigenvalue weighted by Gasteiger charge is 2.35. The van der Waals surface area contributed by atoms with Crippen molar-refractivity contribution in [3.8, 4) is 5.69 Å². The van der Waals surface area contributed by atoms with E-state index >= 15 is 0 Å². The van der Waals surface area contributed by atoms with Gasteiger partial charge in [0, 0.05) is 5.56 Å². The molecule has 1 aliphatic carbocycles. The number of nitrogens with two attached hydrogens (primary N) is 1. The van der Waals surface area contributed by atoms with Gasteiger partial charge in [0.15, 0.2) is 0 Å². The van der Waals surface area contributed by atoms with Gasteiger partial charge < -0.3 is 11.1 Å². The molecule has 0 bridgehead atoms. The van der Waals surface area contributed by atoms with Crippen LogP contribution in [0, 0.1) is 11.2 Å². The van der Waals surface area contributed by atoms with Crippen molar-refractivity contribution in [2.45, 2.75) is 32.7 Å². The number of carbonyl (C=O) groups is 1. The number of nitrogens with one attached hydrogen (secondary N) is 1. The quantitative estimate of drug-likeness (QED) is 0.911. The Morgan fingerprint density at radius 1 is 1.43 bits per heavy atom. The van der Waals surface area contributed by atoms with E-state index in [0.29, 0.717) is 0 Å². The highest BCUT2D eigenvalue weighted by Crippen LogP contribution is 2.41. The SMILES string of the molecule is CC1(C)Cc2c(cnn2-c2ccc(F)cc2)[C@@H](NC(=O)CN)C1. The summed E-state index contributed by atoms with van der Waals surface area (Å²) in [6.45, 7) is 4.30. The summed E-state index contributed by atoms with van der Waals surface area (Å²) >= 11 is 0. The van der Waals surface area contributed by atoms with Crippen molar-refractivity contribution in [2.24, 2.45) is 11.1 Å². The summed E-state index contributed by atoms with van der Waals surface area (Å²) in [6.07, 6.45) is 3.46. The molecule has 122 valence electrons. The monoisotopic (exact) mass is 316 g/mol. The van der Waals surface area contributed by atoms with E-state index in [1.54, 1.807) is 18.3 Å². The molecule has 1 aromatic heterocycles. The van der Waals surface area contributed by atoms with Crippen LogP contribution in [0.5, 0.6) is 0 Å². The molecule has 23 heavy (non-hydrogen) atoms. The predicted octanol–water partition coefficient (Wildman–Crippen LogP) is 2.10. The Morgan fingerprint density at radius 3 is 2.78 bits per heavy atom. The average molecular weight is 316 g/mol. The van der Waals surface area contributed by atoms with Gasteiger partial charge in [-0.05, 0) is 42.5 Å². The van der Waals surface area contributed by atoms with E-state index < -0.39 is 0 Å². The van der Waals surface area contributed by atoms with Crippen molar-refractivity contribution < 1.29 is 9.18 Å². The van der Waals surface area contributed by atoms with Crippen LogP contribution in [0.15, 0.2) is 30.5 Å². The molecular formula is C17H21FN4O. The standard InChI is InChI=1S/C17H21FN4O/c1-17(2)7-14(21-16(23)9-19)13-10-20-22(15(13)8-17)12-5-3-11(18)4-6-12/h3-6,10,14H,7-9,19H2,1-2H3,(H,21,23)/t14-/m0/s1. The Labute approximate surface area is 134 Å². The number of hydrogen-bond acceptors (Lipinski definition) is 3. The lowest BCUT2D eigenvalue weighted by Gasteiger charge is -2.35. The summed E-state index contributed by atoms with van der Waals surface area (Å²) in [5.41, 5.74) is 8.32. The summed E-state index contributed by atoms with van der Waals surface area (Å²) < 4.78 is 15.0. The highest BCUT2D eigenvalue weighted by molar-refractivity contribution is 5.78. The van der Waals surface area contributed by atoms with Gasteiger partial charge in [0.1, 0.15) is 5.82 Å². The van der Waals surface area contributed by atoms with Crippen LogP contribution in [0.2, 0.25) is 0 Å². The maximum Gasteiger partial charge on any atom is 0.234 e. The smallest absolute Gasteiger partial charge is 0.234 e. The minimum Gasteiger partial charge on any atom is -0.348 e. The van der Waals surface area contributed by atoms with Gasteiger partial charge in [-0.1, -0.05) is 13.8 Å². The molecule has 1 heterocycles. The van der Waals surface area contributed by atoms with Crippen LogP contribution in [-0.2, 0) is 11.2 Å². The Hall–Kier alpha value is -2.21. The van der Waals surface area contributed by atoms with Crippen LogP contribution < -0.4 is 11.1 Å². The number of nitrogens with zero attached hydrogens (tertiary/aromatic N) is 2. The minimum absolute atomic E-state index is 0.0252. The number of hydrogen-bond donors (Lipinski definition) is 2. The van der Waals surface area contributed by atoms with Gasteiger partial charge in [-0.15, -0.1) is 0 Å². The van der Waals surface area contributed by atoms with E-state index in [9.17, 15) is 9.18 Å². The van der Waals surface area contributed by atoms with E-state index in [4.69, 9.17) is 5.73 Å². The largest absolute Gasteiger partial charge is 0.348 e. The molecule has 0 saturated carbocycles. The van der Waals surface area contributed by atoms with Gasteiger partial charge in [0.2, 0.25) is 5.91 Å². The zero-order valence-corrected chi connectivity index (χ0v) is 13.3. The number of halogens is 1. The third-order valence-corrected chi connectivity index (χ3v) is 4.27. The Kier molecular flexibility index (Phi) is 3.93. The molecule has 3 N–H and O–H groups in total. The van der Waals surface area contributed by atoms with Gasteiger partial charge in [0.05, 0.1) is 30.2 Å². The van der Waals surface area contributed by atoms with E-state index in [1.807, 2.05) is 4.68 Å². The number of benzene rings is 1. The van der Waals surface area contributed by atoms with Gasteiger partial charge >= 0.3 is 0 Å². The first-order chi connectivity index (χ1) is 10.9. The molecule has 1 amide bonds. The van der Waals surface area contributed by atoms with Crippen molar-refractivity contribution in [1.82, 2.24) is 15.1 Å². The van der Waals surface area contributed by atoms with E-state index in [0.717, 1.165) is 29.8 Å². The number of amides is 1. The van der Waals surface area contributed by atoms with Crippen molar-refractivity contribution in [3.63, 3.8) is 0 Å². The molecule has 1 aliphatic rings. The molecule has 0 radical (unpaired) electrons. The first kappa shape index (κ1) is 15.7. The Morgan fingerprint density at radius 2 is 2.13 bits per heavy atom. The van der Waals surface area contributed by atoms with Crippen molar-refractivity contribution in [1.29, 1.82) is 0 Å². The molecule has 1 atom stereocenters. The zero-order chi connectivity index (χ0) is 16.6. The maximum atomic E-state index is 13.1. The second-order valence-corrected chi connectivity index (χ2v) is 6.80. The molecule has 6 heteroatoms. The minimum atomic E-state index is -0.275. The van der Waals surface area contributed by atoms with Crippen molar-refractivity contribution in [2.75, 3.05) is 6.54 Å². The number of aromatic nitrogens is 2. The van der Waals surface area contributed by atoms with Crippen LogP contribution in [0.3, 0.4) is 0 Å². The Bertz CT molecular complexity index is 721. The fourth-order valence-corrected chi connectivity index (χ4v) is 3.23. The summed E-state index contributed by atoms with van der Waals surface area (Å²) in [7, 11) is 0. The summed E-state index contributed by atoms with van der Waals surface area (Å²) in [5, 5.41) is 7.44. The van der Waals surface area contributed by atoms with Gasteiger partial charge in [-0.25, -0.2) is 9.07 Å². The molecule has 1 aromatic carbocycles. The molecule has 0 fully saturated rings. The summed E-state index contributed by atoms with van der Waals surface area (Å²) in [4.78, 5) is 11.7. The van der Waals surface area contributed by atoms with Gasteiger partial charge in [0.25, 0.3) is 0 Å². The van der Waals surface area contributed by atoms with E-state index in [1.165, 1.54) is 12.1 Å². The van der Waals surface area contributed by atoms with Crippen molar-refractivity contribution >= 4 is 5.91 Å². The third-order valence-electron chi connectivity index (χ3n) is 4.27. The summed E-state index contributed by atoms with van der Waals surface area (Å²) in [6, 6.07) is 6.16. The zero-order valence-electron chi connectivity index (χ0n) is 13.3. The lowest BCUT2D eigenvalue weighted by atomic mass is 9.74. The third kappa shape index (κ3) is 3.12. The van der Waals surface area contributed by atoms with Gasteiger partial charge in [-0.2, -0.15) is 5.10 Å². The lowest BCUT2D eigenvalue weighted by molar-refractivity contribution is -0.120. The lowest BCUT2D eigenvalue weighted by Crippen LogP contribution is -2.39. The molecular weight excluding hydrogens is 295 g/mol. The number of rotatable bonds is 3. The van der Waals surface area contributed by atoms with Crippen molar-refractivity contribution in [3.05, 3.63) is 47.5 Å². The second kappa shape index (κ2) is 5.77. The molecule has 3 rings (SSSR count). The molecule has 0 spiro atoms. The molecule has 0 saturated heterocycles. The second-order valence-electron chi connectivity index (χ2n) is 6.80. The fourth-order valence-electron chi connectivity index (χ4n) is 3.23. The average Bonchev–Trinajstić information content (AvgIpc) is 2.90. The fraction of sp³-hybridized carbons (Fsp3) is 0.412. The maximum absolute atomic E-state index is 13.1. The van der Waals surface area contributed by atoms with Crippen LogP contribution in [0.4, 0.5) is 4.39 Å². The predicted molar refractivity (Wildman–Crippen MR) is 85.6 cm³/mol. The molecule has 5 nitrogen and oxygen atoms in total. The van der Waals surface area contributed by atoms with Gasteiger partial charge in [-0.3, -0.25) is 4.79 Å². The highest BCUT2D eigenvalue weighted by atomic mass is 19.1. The van der Waals surface area contributed by atoms with Crippen LogP contribution >= 0.6 is 0 Å². The van der Waals surface area contributed by atoms with E-state index in [-0.39, 0.29) is 29.7 Å². The molecule has 0 aliphatic heterocycles.